The van der Waals surface area contributed by atoms with Crippen LogP contribution in [0.2, 0.25) is 0 Å². The Balaban J connectivity index is 0.00000341. The molecular formula is C24H41IN4O2. The van der Waals surface area contributed by atoms with E-state index in [9.17, 15) is 0 Å². The van der Waals surface area contributed by atoms with Crippen molar-refractivity contribution >= 4 is 29.9 Å². The molecule has 2 saturated heterocycles. The number of likely N-dealkylation sites (tertiary alicyclic amines) is 2. The van der Waals surface area contributed by atoms with Gasteiger partial charge in [0.15, 0.2) is 5.96 Å². The summed E-state index contributed by atoms with van der Waals surface area (Å²) in [6.45, 7) is 8.51. The molecule has 1 unspecified atom stereocenters. The second kappa shape index (κ2) is 15.0. The van der Waals surface area contributed by atoms with Crippen LogP contribution in [0.4, 0.5) is 0 Å². The smallest absolute Gasteiger partial charge is 0.193 e. The fourth-order valence-electron chi connectivity index (χ4n) is 4.48. The highest BCUT2D eigenvalue weighted by atomic mass is 127. The van der Waals surface area contributed by atoms with Crippen LogP contribution in [-0.2, 0) is 22.6 Å². The van der Waals surface area contributed by atoms with Gasteiger partial charge in [0, 0.05) is 46.3 Å². The minimum Gasteiger partial charge on any atom is -0.382 e. The van der Waals surface area contributed by atoms with Crippen molar-refractivity contribution in [3.63, 3.8) is 0 Å². The number of halogens is 1. The first-order valence-corrected chi connectivity index (χ1v) is 11.6. The molecule has 7 heteroatoms. The van der Waals surface area contributed by atoms with E-state index in [4.69, 9.17) is 9.47 Å². The normalized spacial score (nSPS) is 20.4. The molecule has 0 aliphatic carbocycles. The van der Waals surface area contributed by atoms with Gasteiger partial charge in [0.2, 0.25) is 0 Å². The van der Waals surface area contributed by atoms with Crippen LogP contribution >= 0.6 is 24.0 Å². The summed E-state index contributed by atoms with van der Waals surface area (Å²) in [6.07, 6.45) is 6.57. The zero-order chi connectivity index (χ0) is 21.0. The van der Waals surface area contributed by atoms with E-state index >= 15 is 0 Å². The summed E-state index contributed by atoms with van der Waals surface area (Å²) in [5.74, 6) is 1.56. The molecule has 31 heavy (non-hydrogen) atoms. The summed E-state index contributed by atoms with van der Waals surface area (Å²) in [6, 6.07) is 8.85. The van der Waals surface area contributed by atoms with Crippen LogP contribution < -0.4 is 5.32 Å². The second-order valence-electron chi connectivity index (χ2n) is 8.53. The van der Waals surface area contributed by atoms with Gasteiger partial charge in [0.25, 0.3) is 0 Å². The van der Waals surface area contributed by atoms with Gasteiger partial charge in [0.1, 0.15) is 0 Å². The lowest BCUT2D eigenvalue weighted by Crippen LogP contribution is -2.40. The lowest BCUT2D eigenvalue weighted by atomic mass is 10.1. The minimum absolute atomic E-state index is 0. The molecule has 0 amide bonds. The Morgan fingerprint density at radius 3 is 2.52 bits per heavy atom. The van der Waals surface area contributed by atoms with Gasteiger partial charge in [-0.2, -0.15) is 0 Å². The average molecular weight is 545 g/mol. The maximum Gasteiger partial charge on any atom is 0.193 e. The summed E-state index contributed by atoms with van der Waals surface area (Å²) in [5.41, 5.74) is 2.81. The van der Waals surface area contributed by atoms with Gasteiger partial charge in [0.05, 0.1) is 19.8 Å². The minimum atomic E-state index is 0. The molecule has 2 aliphatic rings. The van der Waals surface area contributed by atoms with Crippen LogP contribution in [0.15, 0.2) is 29.3 Å². The van der Waals surface area contributed by atoms with Crippen LogP contribution in [0.3, 0.4) is 0 Å². The predicted molar refractivity (Wildman–Crippen MR) is 138 cm³/mol. The number of aliphatic imine (C=N–C) groups is 1. The van der Waals surface area contributed by atoms with Gasteiger partial charge >= 0.3 is 0 Å². The fraction of sp³-hybridized carbons (Fsp3) is 0.708. The first kappa shape index (κ1) is 26.4. The molecule has 176 valence electrons. The molecular weight excluding hydrogens is 503 g/mol. The van der Waals surface area contributed by atoms with Crippen LogP contribution in [0.5, 0.6) is 0 Å². The third-order valence-electron chi connectivity index (χ3n) is 6.23. The number of hydrogen-bond donors (Lipinski definition) is 1. The quantitative estimate of drug-likeness (QED) is 0.222. The summed E-state index contributed by atoms with van der Waals surface area (Å²) in [5, 5.41) is 3.61. The third-order valence-corrected chi connectivity index (χ3v) is 6.23. The molecule has 0 saturated carbocycles. The van der Waals surface area contributed by atoms with E-state index in [0.29, 0.717) is 19.1 Å². The van der Waals surface area contributed by atoms with Crippen molar-refractivity contribution in [3.05, 3.63) is 35.4 Å². The zero-order valence-corrected chi connectivity index (χ0v) is 21.7. The number of hydrogen-bond acceptors (Lipinski definition) is 4. The highest BCUT2D eigenvalue weighted by Gasteiger charge is 2.25. The lowest BCUT2D eigenvalue weighted by molar-refractivity contribution is 0.0536. The number of rotatable bonds is 9. The third kappa shape index (κ3) is 8.86. The Morgan fingerprint density at radius 2 is 1.81 bits per heavy atom. The standard InChI is InChI=1S/C24H40N4O2.HI/c1-25-24(28-14-11-21(18-28)20-30-16-15-29-2)26-17-22-9-5-6-10-23(22)19-27-12-7-3-4-8-13-27;/h5-6,9-10,21H,3-4,7-8,11-20H2,1-2H3,(H,25,26);1H. The van der Waals surface area contributed by atoms with Crippen LogP contribution in [0, 0.1) is 5.92 Å². The van der Waals surface area contributed by atoms with Crippen molar-refractivity contribution in [1.29, 1.82) is 0 Å². The molecule has 3 rings (SSSR count). The van der Waals surface area contributed by atoms with E-state index in [1.165, 1.54) is 49.9 Å². The molecule has 1 N–H and O–H groups in total. The molecule has 1 aromatic carbocycles. The Bertz CT molecular complexity index is 650. The highest BCUT2D eigenvalue weighted by Crippen LogP contribution is 2.18. The molecule has 1 aromatic rings. The number of guanidine groups is 1. The second-order valence-corrected chi connectivity index (χ2v) is 8.53. The number of ether oxygens (including phenoxy) is 2. The summed E-state index contributed by atoms with van der Waals surface area (Å²) in [7, 11) is 3.59. The predicted octanol–water partition coefficient (Wildman–Crippen LogP) is 3.74. The Labute approximate surface area is 205 Å². The largest absolute Gasteiger partial charge is 0.382 e. The van der Waals surface area contributed by atoms with E-state index in [1.54, 1.807) is 7.11 Å². The van der Waals surface area contributed by atoms with Crippen molar-refractivity contribution in [3.8, 4) is 0 Å². The summed E-state index contributed by atoms with van der Waals surface area (Å²) < 4.78 is 10.8. The Hall–Kier alpha value is -0.900. The summed E-state index contributed by atoms with van der Waals surface area (Å²) >= 11 is 0. The summed E-state index contributed by atoms with van der Waals surface area (Å²) in [4.78, 5) is 9.53. The van der Waals surface area contributed by atoms with Crippen molar-refractivity contribution in [2.75, 3.05) is 60.2 Å². The van der Waals surface area contributed by atoms with Gasteiger partial charge in [-0.15, -0.1) is 24.0 Å². The van der Waals surface area contributed by atoms with Gasteiger partial charge in [-0.1, -0.05) is 37.1 Å². The van der Waals surface area contributed by atoms with Crippen molar-refractivity contribution < 1.29 is 9.47 Å². The monoisotopic (exact) mass is 544 g/mol. The topological polar surface area (TPSA) is 49.3 Å². The lowest BCUT2D eigenvalue weighted by Gasteiger charge is -2.24. The maximum absolute atomic E-state index is 5.73. The Kier molecular flexibility index (Phi) is 12.8. The molecule has 0 radical (unpaired) electrons. The van der Waals surface area contributed by atoms with E-state index < -0.39 is 0 Å². The van der Waals surface area contributed by atoms with Crippen LogP contribution in [0.1, 0.15) is 43.2 Å². The number of benzene rings is 1. The van der Waals surface area contributed by atoms with E-state index in [0.717, 1.165) is 45.2 Å². The molecule has 1 atom stereocenters. The van der Waals surface area contributed by atoms with E-state index in [1.807, 2.05) is 7.05 Å². The van der Waals surface area contributed by atoms with E-state index in [2.05, 4.69) is 44.4 Å². The van der Waals surface area contributed by atoms with Gasteiger partial charge in [-0.3, -0.25) is 9.89 Å². The fourth-order valence-corrected chi connectivity index (χ4v) is 4.48. The molecule has 0 aromatic heterocycles. The first-order chi connectivity index (χ1) is 14.8. The SMILES string of the molecule is CN=C(NCc1ccccc1CN1CCCCCC1)N1CCC(COCCOC)C1.I. The van der Waals surface area contributed by atoms with Gasteiger partial charge in [-0.05, 0) is 43.5 Å². The number of methoxy groups -OCH3 is 1. The van der Waals surface area contributed by atoms with Gasteiger partial charge < -0.3 is 19.7 Å². The first-order valence-electron chi connectivity index (χ1n) is 11.6. The molecule has 2 heterocycles. The number of nitrogens with zero attached hydrogens (tertiary/aromatic N) is 3. The average Bonchev–Trinajstić information content (AvgIpc) is 3.08. The van der Waals surface area contributed by atoms with Gasteiger partial charge in [-0.25, -0.2) is 0 Å². The van der Waals surface area contributed by atoms with Crippen molar-refractivity contribution in [2.24, 2.45) is 10.9 Å². The van der Waals surface area contributed by atoms with Crippen LogP contribution in [-0.4, -0.2) is 75.9 Å². The van der Waals surface area contributed by atoms with E-state index in [-0.39, 0.29) is 24.0 Å². The van der Waals surface area contributed by atoms with Crippen molar-refractivity contribution in [1.82, 2.24) is 15.1 Å². The Morgan fingerprint density at radius 1 is 1.06 bits per heavy atom. The molecule has 0 bridgehead atoms. The highest BCUT2D eigenvalue weighted by molar-refractivity contribution is 14.0. The molecule has 6 nitrogen and oxygen atoms in total. The maximum atomic E-state index is 5.73. The number of nitrogens with one attached hydrogen (secondary N) is 1. The van der Waals surface area contributed by atoms with Crippen LogP contribution in [0.25, 0.3) is 0 Å². The van der Waals surface area contributed by atoms with Crippen molar-refractivity contribution in [2.45, 2.75) is 45.2 Å². The zero-order valence-electron chi connectivity index (χ0n) is 19.4. The molecule has 0 spiro atoms. The molecule has 2 fully saturated rings. The molecule has 2 aliphatic heterocycles.